The van der Waals surface area contributed by atoms with E-state index in [9.17, 15) is 9.18 Å². The summed E-state index contributed by atoms with van der Waals surface area (Å²) in [6.07, 6.45) is 1.76. The fourth-order valence-corrected chi connectivity index (χ4v) is 2.29. The van der Waals surface area contributed by atoms with Crippen LogP contribution in [0.4, 0.5) is 4.39 Å². The maximum Gasteiger partial charge on any atom is 0.290 e. The van der Waals surface area contributed by atoms with Crippen LogP contribution in [0.3, 0.4) is 0 Å². The van der Waals surface area contributed by atoms with E-state index in [1.165, 1.54) is 6.07 Å². The number of carbonyl (C=O) groups excluding carboxylic acids is 1. The van der Waals surface area contributed by atoms with E-state index >= 15 is 0 Å². The first-order chi connectivity index (χ1) is 10.1. The van der Waals surface area contributed by atoms with Crippen molar-refractivity contribution >= 4 is 16.8 Å². The predicted octanol–water partition coefficient (Wildman–Crippen LogP) is 2.84. The lowest BCUT2D eigenvalue weighted by atomic mass is 10.1. The lowest BCUT2D eigenvalue weighted by molar-refractivity contribution is 0.0913. The number of fused-ring (bicyclic) bond motifs is 1. The molecule has 0 saturated carbocycles. The van der Waals surface area contributed by atoms with Crippen molar-refractivity contribution < 1.29 is 13.7 Å². The van der Waals surface area contributed by atoms with E-state index in [1.54, 1.807) is 26.1 Å². The van der Waals surface area contributed by atoms with Crippen LogP contribution in [0, 0.1) is 19.7 Å². The maximum absolute atomic E-state index is 14.3. The third kappa shape index (κ3) is 2.40. The topological polar surface area (TPSA) is 70.9 Å². The molecule has 0 spiro atoms. The molecular weight excluding hydrogens is 273 g/mol. The zero-order valence-corrected chi connectivity index (χ0v) is 11.7. The largest absolute Gasteiger partial charge is 0.361 e. The Kier molecular flexibility index (Phi) is 3.21. The molecule has 0 atom stereocenters. The maximum atomic E-state index is 14.3. The van der Waals surface area contributed by atoms with E-state index in [1.807, 2.05) is 6.07 Å². The Bertz CT molecular complexity index is 820. The molecule has 2 aromatic heterocycles. The smallest absolute Gasteiger partial charge is 0.290 e. The van der Waals surface area contributed by atoms with Crippen LogP contribution in [0.15, 0.2) is 28.9 Å². The first kappa shape index (κ1) is 13.4. The van der Waals surface area contributed by atoms with E-state index in [0.29, 0.717) is 16.8 Å². The summed E-state index contributed by atoms with van der Waals surface area (Å²) in [4.78, 5) is 14.9. The minimum absolute atomic E-state index is 0.0897. The Morgan fingerprint density at radius 1 is 1.43 bits per heavy atom. The van der Waals surface area contributed by atoms with Gasteiger partial charge in [0.15, 0.2) is 0 Å². The van der Waals surface area contributed by atoms with Gasteiger partial charge in [0.25, 0.3) is 5.91 Å². The Hall–Kier alpha value is -2.63. The van der Waals surface area contributed by atoms with Gasteiger partial charge in [0.2, 0.25) is 5.76 Å². The molecule has 108 valence electrons. The number of aromatic nitrogens is 2. The van der Waals surface area contributed by atoms with Gasteiger partial charge in [0.05, 0.1) is 11.2 Å². The van der Waals surface area contributed by atoms with Crippen molar-refractivity contribution in [2.24, 2.45) is 0 Å². The first-order valence-electron chi connectivity index (χ1n) is 6.53. The van der Waals surface area contributed by atoms with Crippen molar-refractivity contribution in [3.63, 3.8) is 0 Å². The lowest BCUT2D eigenvalue weighted by Gasteiger charge is -2.08. The summed E-state index contributed by atoms with van der Waals surface area (Å²) in [6.45, 7) is 3.52. The van der Waals surface area contributed by atoms with Crippen molar-refractivity contribution in [2.45, 2.75) is 20.4 Å². The van der Waals surface area contributed by atoms with Gasteiger partial charge in [-0.1, -0.05) is 5.16 Å². The number of amides is 1. The van der Waals surface area contributed by atoms with Crippen molar-refractivity contribution in [3.8, 4) is 0 Å². The fourth-order valence-electron chi connectivity index (χ4n) is 2.29. The number of hydrogen-bond acceptors (Lipinski definition) is 3. The molecule has 1 amide bonds. The monoisotopic (exact) mass is 287 g/mol. The Labute approximate surface area is 120 Å². The molecule has 0 saturated heterocycles. The average molecular weight is 287 g/mol. The van der Waals surface area contributed by atoms with Crippen LogP contribution in [-0.4, -0.2) is 16.0 Å². The molecule has 21 heavy (non-hydrogen) atoms. The van der Waals surface area contributed by atoms with Crippen LogP contribution in [0.25, 0.3) is 10.9 Å². The van der Waals surface area contributed by atoms with Gasteiger partial charge >= 0.3 is 0 Å². The number of rotatable bonds is 3. The molecule has 0 bridgehead atoms. The predicted molar refractivity (Wildman–Crippen MR) is 75.4 cm³/mol. The molecule has 1 aromatic carbocycles. The molecule has 0 radical (unpaired) electrons. The highest BCUT2D eigenvalue weighted by Gasteiger charge is 2.14. The molecule has 0 unspecified atom stereocenters. The van der Waals surface area contributed by atoms with Gasteiger partial charge in [-0.3, -0.25) is 4.79 Å². The van der Waals surface area contributed by atoms with Crippen LogP contribution in [0.5, 0.6) is 0 Å². The molecule has 5 nitrogen and oxygen atoms in total. The van der Waals surface area contributed by atoms with E-state index in [2.05, 4.69) is 15.5 Å². The van der Waals surface area contributed by atoms with Crippen LogP contribution >= 0.6 is 0 Å². The summed E-state index contributed by atoms with van der Waals surface area (Å²) in [5.41, 5.74) is 2.37. The van der Waals surface area contributed by atoms with Gasteiger partial charge < -0.3 is 14.8 Å². The summed E-state index contributed by atoms with van der Waals surface area (Å²) in [5, 5.41) is 7.19. The summed E-state index contributed by atoms with van der Waals surface area (Å²) in [6, 6.07) is 5.12. The number of aromatic amines is 1. The number of halogens is 1. The zero-order valence-electron chi connectivity index (χ0n) is 11.7. The third-order valence-electron chi connectivity index (χ3n) is 3.39. The van der Waals surface area contributed by atoms with Crippen molar-refractivity contribution in [2.75, 3.05) is 0 Å². The van der Waals surface area contributed by atoms with Crippen LogP contribution in [0.2, 0.25) is 0 Å². The summed E-state index contributed by atoms with van der Waals surface area (Å²) < 4.78 is 19.1. The second-order valence-electron chi connectivity index (χ2n) is 4.93. The van der Waals surface area contributed by atoms with E-state index < -0.39 is 5.91 Å². The molecule has 2 heterocycles. The Balaban J connectivity index is 1.82. The van der Waals surface area contributed by atoms with E-state index in [-0.39, 0.29) is 18.1 Å². The standard InChI is InChI=1S/C15H14FN3O2/c1-8-5-12(21-19-8)15(20)18-7-11-6-10-3-4-17-14(10)9(2)13(11)16/h3-6,17H,7H2,1-2H3,(H,18,20). The van der Waals surface area contributed by atoms with Crippen LogP contribution in [0.1, 0.15) is 27.4 Å². The number of nitrogens with zero attached hydrogens (tertiary/aromatic N) is 1. The van der Waals surface area contributed by atoms with Gasteiger partial charge in [-0.2, -0.15) is 0 Å². The highest BCUT2D eigenvalue weighted by Crippen LogP contribution is 2.23. The third-order valence-corrected chi connectivity index (χ3v) is 3.39. The second kappa shape index (κ2) is 5.05. The first-order valence-corrected chi connectivity index (χ1v) is 6.53. The molecule has 6 heteroatoms. The van der Waals surface area contributed by atoms with Crippen LogP contribution in [-0.2, 0) is 6.54 Å². The van der Waals surface area contributed by atoms with Gasteiger partial charge in [-0.15, -0.1) is 0 Å². The van der Waals surface area contributed by atoms with Crippen molar-refractivity contribution in [1.82, 2.24) is 15.5 Å². The molecular formula is C15H14FN3O2. The molecule has 3 rings (SSSR count). The summed E-state index contributed by atoms with van der Waals surface area (Å²) in [7, 11) is 0. The summed E-state index contributed by atoms with van der Waals surface area (Å²) >= 11 is 0. The molecule has 3 aromatic rings. The van der Waals surface area contributed by atoms with Gasteiger partial charge in [0.1, 0.15) is 5.82 Å². The fraction of sp³-hybridized carbons (Fsp3) is 0.200. The summed E-state index contributed by atoms with van der Waals surface area (Å²) in [5.74, 6) is -0.617. The quantitative estimate of drug-likeness (QED) is 0.778. The average Bonchev–Trinajstić information content (AvgIpc) is 3.09. The molecule has 2 N–H and O–H groups in total. The SMILES string of the molecule is Cc1cc(C(=O)NCc2cc3cc[nH]c3c(C)c2F)on1. The minimum atomic E-state index is -0.415. The van der Waals surface area contributed by atoms with Crippen molar-refractivity contribution in [1.29, 1.82) is 0 Å². The van der Waals surface area contributed by atoms with Crippen LogP contribution < -0.4 is 5.32 Å². The molecule has 0 aliphatic carbocycles. The van der Waals surface area contributed by atoms with E-state index in [0.717, 1.165) is 10.9 Å². The molecule has 0 aliphatic heterocycles. The Morgan fingerprint density at radius 3 is 2.95 bits per heavy atom. The van der Waals surface area contributed by atoms with Gasteiger partial charge in [-0.25, -0.2) is 4.39 Å². The number of H-pyrrole nitrogens is 1. The highest BCUT2D eigenvalue weighted by molar-refractivity contribution is 5.91. The van der Waals surface area contributed by atoms with Crippen molar-refractivity contribution in [3.05, 3.63) is 52.8 Å². The molecule has 0 aliphatic rings. The van der Waals surface area contributed by atoms with E-state index in [4.69, 9.17) is 4.52 Å². The number of aryl methyl sites for hydroxylation is 2. The lowest BCUT2D eigenvalue weighted by Crippen LogP contribution is -2.23. The minimum Gasteiger partial charge on any atom is -0.361 e. The number of nitrogens with one attached hydrogen (secondary N) is 2. The molecule has 0 fully saturated rings. The zero-order chi connectivity index (χ0) is 15.0. The van der Waals surface area contributed by atoms with Gasteiger partial charge in [0, 0.05) is 35.3 Å². The second-order valence-corrected chi connectivity index (χ2v) is 4.93. The number of benzene rings is 1. The number of carbonyl (C=O) groups is 1. The normalized spacial score (nSPS) is 11.0. The Morgan fingerprint density at radius 2 is 2.24 bits per heavy atom. The highest BCUT2D eigenvalue weighted by atomic mass is 19.1. The van der Waals surface area contributed by atoms with Gasteiger partial charge in [-0.05, 0) is 26.0 Å². The number of hydrogen-bond donors (Lipinski definition) is 2.